The van der Waals surface area contributed by atoms with Crippen LogP contribution in [0.1, 0.15) is 10.4 Å². The monoisotopic (exact) mass is 179 g/mol. The zero-order valence-corrected chi connectivity index (χ0v) is 7.51. The lowest BCUT2D eigenvalue weighted by molar-refractivity contribution is 0.0698. The maximum Gasteiger partial charge on any atom is 0.337 e. The van der Waals surface area contributed by atoms with E-state index in [-0.39, 0.29) is 5.56 Å². The van der Waals surface area contributed by atoms with E-state index in [1.165, 1.54) is 6.07 Å². The molecule has 4 nitrogen and oxygen atoms in total. The molecule has 4 heteroatoms. The van der Waals surface area contributed by atoms with Gasteiger partial charge in [-0.05, 0) is 12.1 Å². The maximum absolute atomic E-state index is 10.7. The molecule has 0 aromatic heterocycles. The van der Waals surface area contributed by atoms with Crippen LogP contribution in [0.4, 0.5) is 11.4 Å². The smallest absolute Gasteiger partial charge is 0.337 e. The van der Waals surface area contributed by atoms with Crippen molar-refractivity contribution in [1.82, 2.24) is 0 Å². The normalized spacial score (nSPS) is 9.38. The number of hydrogen-bond donors (Lipinski definition) is 3. The standard InChI is InChI=1S/C9H11N2O2/c1-10-6-3-4-7(9(12)13)8(5-6)11-2/h4-5,10-11H,1-2H3,(H,12,13). The van der Waals surface area contributed by atoms with E-state index in [0.717, 1.165) is 5.69 Å². The molecule has 0 spiro atoms. The van der Waals surface area contributed by atoms with Crippen LogP contribution in [0.3, 0.4) is 0 Å². The zero-order valence-electron chi connectivity index (χ0n) is 7.51. The van der Waals surface area contributed by atoms with Gasteiger partial charge in [-0.3, -0.25) is 0 Å². The van der Waals surface area contributed by atoms with Gasteiger partial charge in [0, 0.05) is 25.8 Å². The predicted molar refractivity (Wildman–Crippen MR) is 51.3 cm³/mol. The summed E-state index contributed by atoms with van der Waals surface area (Å²) in [6, 6.07) is 5.95. The van der Waals surface area contributed by atoms with Gasteiger partial charge in [0.05, 0.1) is 11.3 Å². The quantitative estimate of drug-likeness (QED) is 0.653. The molecule has 0 saturated heterocycles. The number of rotatable bonds is 3. The lowest BCUT2D eigenvalue weighted by Gasteiger charge is -2.07. The van der Waals surface area contributed by atoms with Crippen LogP contribution in [0, 0.1) is 6.07 Å². The molecule has 0 aliphatic carbocycles. The minimum atomic E-state index is -0.955. The molecule has 0 bridgehead atoms. The van der Waals surface area contributed by atoms with Crippen LogP contribution in [0.15, 0.2) is 12.1 Å². The highest BCUT2D eigenvalue weighted by molar-refractivity contribution is 5.94. The average molecular weight is 179 g/mol. The fourth-order valence-electron chi connectivity index (χ4n) is 1.02. The summed E-state index contributed by atoms with van der Waals surface area (Å²) in [5, 5.41) is 14.5. The van der Waals surface area contributed by atoms with Crippen molar-refractivity contribution < 1.29 is 9.90 Å². The topological polar surface area (TPSA) is 61.4 Å². The van der Waals surface area contributed by atoms with Gasteiger partial charge in [0.25, 0.3) is 0 Å². The summed E-state index contributed by atoms with van der Waals surface area (Å²) in [6.07, 6.45) is 0. The fourth-order valence-corrected chi connectivity index (χ4v) is 1.02. The number of anilines is 2. The number of carboxylic acids is 1. The SMILES string of the molecule is CNc1[c]cc(C(=O)O)c(NC)c1. The van der Waals surface area contributed by atoms with Crippen LogP contribution in [-0.2, 0) is 0 Å². The van der Waals surface area contributed by atoms with E-state index < -0.39 is 5.97 Å². The van der Waals surface area contributed by atoms with Crippen LogP contribution in [0.5, 0.6) is 0 Å². The Kier molecular flexibility index (Phi) is 2.74. The van der Waals surface area contributed by atoms with Crippen LogP contribution in [0.25, 0.3) is 0 Å². The van der Waals surface area contributed by atoms with Crippen molar-refractivity contribution in [1.29, 1.82) is 0 Å². The molecule has 1 aromatic rings. The van der Waals surface area contributed by atoms with Crippen LogP contribution >= 0.6 is 0 Å². The highest BCUT2D eigenvalue weighted by Crippen LogP contribution is 2.19. The highest BCUT2D eigenvalue weighted by atomic mass is 16.4. The lowest BCUT2D eigenvalue weighted by atomic mass is 10.1. The molecule has 1 radical (unpaired) electrons. The van der Waals surface area contributed by atoms with Gasteiger partial charge in [-0.15, -0.1) is 0 Å². The van der Waals surface area contributed by atoms with Gasteiger partial charge in [0.15, 0.2) is 0 Å². The van der Waals surface area contributed by atoms with Gasteiger partial charge in [-0.2, -0.15) is 0 Å². The summed E-state index contributed by atoms with van der Waals surface area (Å²) >= 11 is 0. The van der Waals surface area contributed by atoms with E-state index in [1.807, 2.05) is 0 Å². The minimum Gasteiger partial charge on any atom is -0.478 e. The molecule has 0 atom stereocenters. The molecule has 3 N–H and O–H groups in total. The summed E-state index contributed by atoms with van der Waals surface area (Å²) in [4.78, 5) is 10.7. The summed E-state index contributed by atoms with van der Waals surface area (Å²) in [5.41, 5.74) is 1.56. The Hall–Kier alpha value is -1.71. The van der Waals surface area contributed by atoms with Gasteiger partial charge < -0.3 is 15.7 Å². The second-order valence-electron chi connectivity index (χ2n) is 2.48. The molecule has 0 saturated carbocycles. The first-order valence-corrected chi connectivity index (χ1v) is 3.83. The van der Waals surface area contributed by atoms with Crippen LogP contribution in [0.2, 0.25) is 0 Å². The van der Waals surface area contributed by atoms with Crippen molar-refractivity contribution in [2.75, 3.05) is 24.7 Å². The lowest BCUT2D eigenvalue weighted by Crippen LogP contribution is -2.03. The van der Waals surface area contributed by atoms with Crippen molar-refractivity contribution in [3.8, 4) is 0 Å². The first-order valence-electron chi connectivity index (χ1n) is 3.83. The Morgan fingerprint density at radius 1 is 1.46 bits per heavy atom. The first kappa shape index (κ1) is 9.38. The van der Waals surface area contributed by atoms with Crippen molar-refractivity contribution >= 4 is 17.3 Å². The summed E-state index contributed by atoms with van der Waals surface area (Å²) in [5.74, 6) is -0.955. The van der Waals surface area contributed by atoms with E-state index >= 15 is 0 Å². The second-order valence-corrected chi connectivity index (χ2v) is 2.48. The predicted octanol–water partition coefficient (Wildman–Crippen LogP) is 1.27. The van der Waals surface area contributed by atoms with Crippen molar-refractivity contribution in [2.45, 2.75) is 0 Å². The summed E-state index contributed by atoms with van der Waals surface area (Å²) in [6.45, 7) is 0. The molecule has 0 aliphatic rings. The number of aromatic carboxylic acids is 1. The van der Waals surface area contributed by atoms with Crippen LogP contribution in [-0.4, -0.2) is 25.2 Å². The number of benzene rings is 1. The van der Waals surface area contributed by atoms with Gasteiger partial charge in [-0.1, -0.05) is 0 Å². The Morgan fingerprint density at radius 2 is 2.15 bits per heavy atom. The molecule has 1 aromatic carbocycles. The van der Waals surface area contributed by atoms with Gasteiger partial charge >= 0.3 is 5.97 Å². The largest absolute Gasteiger partial charge is 0.478 e. The Balaban J connectivity index is 3.15. The molecule has 0 amide bonds. The molecule has 1 rings (SSSR count). The summed E-state index contributed by atoms with van der Waals surface area (Å²) in [7, 11) is 3.44. The van der Waals surface area contributed by atoms with Crippen molar-refractivity contribution in [3.63, 3.8) is 0 Å². The number of nitrogens with one attached hydrogen (secondary N) is 2. The van der Waals surface area contributed by atoms with Gasteiger partial charge in [0.1, 0.15) is 0 Å². The molecular weight excluding hydrogens is 168 g/mol. The minimum absolute atomic E-state index is 0.224. The highest BCUT2D eigenvalue weighted by Gasteiger charge is 2.08. The third-order valence-corrected chi connectivity index (χ3v) is 1.72. The maximum atomic E-state index is 10.7. The van der Waals surface area contributed by atoms with Crippen LogP contribution < -0.4 is 10.6 Å². The first-order chi connectivity index (χ1) is 6.19. The zero-order chi connectivity index (χ0) is 9.84. The van der Waals surface area contributed by atoms with Crippen molar-refractivity contribution in [2.24, 2.45) is 0 Å². The molecular formula is C9H11N2O2. The molecule has 13 heavy (non-hydrogen) atoms. The van der Waals surface area contributed by atoms with E-state index in [2.05, 4.69) is 16.7 Å². The fraction of sp³-hybridized carbons (Fsp3) is 0.222. The molecule has 0 heterocycles. The van der Waals surface area contributed by atoms with Gasteiger partial charge in [-0.25, -0.2) is 4.79 Å². The average Bonchev–Trinajstić information content (AvgIpc) is 2.16. The Bertz CT molecular complexity index is 323. The number of carboxylic acid groups (broad SMARTS) is 1. The number of carbonyl (C=O) groups is 1. The molecule has 0 fully saturated rings. The Morgan fingerprint density at radius 3 is 2.62 bits per heavy atom. The van der Waals surface area contributed by atoms with E-state index in [0.29, 0.717) is 5.69 Å². The third kappa shape index (κ3) is 1.90. The third-order valence-electron chi connectivity index (χ3n) is 1.72. The molecule has 0 unspecified atom stereocenters. The molecule has 0 aliphatic heterocycles. The van der Waals surface area contributed by atoms with E-state index in [4.69, 9.17) is 5.11 Å². The van der Waals surface area contributed by atoms with Crippen molar-refractivity contribution in [3.05, 3.63) is 23.8 Å². The second kappa shape index (κ2) is 3.80. The van der Waals surface area contributed by atoms with Gasteiger partial charge in [0.2, 0.25) is 0 Å². The summed E-state index contributed by atoms with van der Waals surface area (Å²) < 4.78 is 0. The number of hydrogen-bond acceptors (Lipinski definition) is 3. The molecule has 69 valence electrons. The van der Waals surface area contributed by atoms with E-state index in [1.54, 1.807) is 20.2 Å². The van der Waals surface area contributed by atoms with E-state index in [9.17, 15) is 4.79 Å². The Labute approximate surface area is 76.6 Å².